The first-order valence-corrected chi connectivity index (χ1v) is 6.23. The zero-order chi connectivity index (χ0) is 13.2. The fourth-order valence-corrected chi connectivity index (χ4v) is 2.30. The molecule has 1 N–H and O–H groups in total. The summed E-state index contributed by atoms with van der Waals surface area (Å²) < 4.78 is 0. The van der Waals surface area contributed by atoms with E-state index in [1.54, 1.807) is 6.07 Å². The van der Waals surface area contributed by atoms with Crippen molar-refractivity contribution < 1.29 is 9.72 Å². The van der Waals surface area contributed by atoms with Gasteiger partial charge in [0.15, 0.2) is 0 Å². The van der Waals surface area contributed by atoms with Crippen LogP contribution in [-0.4, -0.2) is 22.2 Å². The van der Waals surface area contributed by atoms with E-state index in [9.17, 15) is 14.9 Å². The number of nitro groups is 1. The lowest BCUT2D eigenvalue weighted by Crippen LogP contribution is -2.55. The number of hydrogen-bond acceptors (Lipinski definition) is 3. The Morgan fingerprint density at radius 2 is 2.22 bits per heavy atom. The highest BCUT2D eigenvalue weighted by atomic mass is 35.5. The molecule has 6 heteroatoms. The molecule has 1 aromatic carbocycles. The van der Waals surface area contributed by atoms with Gasteiger partial charge >= 0.3 is 0 Å². The molecular formula is C12H13ClN2O3. The molecule has 18 heavy (non-hydrogen) atoms. The molecule has 1 aliphatic rings. The Labute approximate surface area is 109 Å². The van der Waals surface area contributed by atoms with Crippen LogP contribution in [0.25, 0.3) is 0 Å². The van der Waals surface area contributed by atoms with Crippen molar-refractivity contribution in [3.05, 3.63) is 39.9 Å². The summed E-state index contributed by atoms with van der Waals surface area (Å²) in [4.78, 5) is 22.1. The number of halogens is 1. The molecular weight excluding hydrogens is 256 g/mol. The third-order valence-electron chi connectivity index (χ3n) is 3.26. The van der Waals surface area contributed by atoms with Gasteiger partial charge in [-0.3, -0.25) is 14.9 Å². The number of hydrogen-bond donors (Lipinski definition) is 1. The van der Waals surface area contributed by atoms with Crippen LogP contribution in [0.1, 0.15) is 29.6 Å². The van der Waals surface area contributed by atoms with Gasteiger partial charge in [0.1, 0.15) is 0 Å². The largest absolute Gasteiger partial charge is 0.345 e. The number of non-ortho nitro benzene ring substituents is 1. The highest BCUT2D eigenvalue weighted by molar-refractivity contribution is 6.19. The summed E-state index contributed by atoms with van der Waals surface area (Å²) in [6.07, 6.45) is 2.76. The summed E-state index contributed by atoms with van der Waals surface area (Å²) in [6, 6.07) is 5.69. The molecule has 0 heterocycles. The van der Waals surface area contributed by atoms with Gasteiger partial charge in [-0.2, -0.15) is 0 Å². The van der Waals surface area contributed by atoms with Crippen molar-refractivity contribution in [2.24, 2.45) is 0 Å². The molecule has 5 nitrogen and oxygen atoms in total. The predicted octanol–water partition coefficient (Wildman–Crippen LogP) is 2.49. The van der Waals surface area contributed by atoms with Crippen LogP contribution in [0.15, 0.2) is 24.3 Å². The molecule has 0 unspecified atom stereocenters. The molecule has 1 aliphatic carbocycles. The lowest BCUT2D eigenvalue weighted by atomic mass is 9.78. The first-order valence-electron chi connectivity index (χ1n) is 5.69. The Bertz CT molecular complexity index is 480. The average Bonchev–Trinajstić information content (AvgIpc) is 2.33. The zero-order valence-electron chi connectivity index (χ0n) is 9.69. The van der Waals surface area contributed by atoms with Gasteiger partial charge in [0.25, 0.3) is 11.6 Å². The van der Waals surface area contributed by atoms with E-state index >= 15 is 0 Å². The summed E-state index contributed by atoms with van der Waals surface area (Å²) in [5.41, 5.74) is -0.125. The molecule has 1 aromatic rings. The van der Waals surface area contributed by atoms with Gasteiger partial charge in [-0.25, -0.2) is 0 Å². The normalized spacial score (nSPS) is 16.7. The smallest absolute Gasteiger partial charge is 0.270 e. The highest BCUT2D eigenvalue weighted by Crippen LogP contribution is 2.33. The van der Waals surface area contributed by atoms with Crippen LogP contribution in [0.2, 0.25) is 0 Å². The number of alkyl halides is 1. The molecule has 0 bridgehead atoms. The van der Waals surface area contributed by atoms with Crippen LogP contribution < -0.4 is 5.32 Å². The Balaban J connectivity index is 2.13. The van der Waals surface area contributed by atoms with Crippen LogP contribution in [0, 0.1) is 10.1 Å². The molecule has 2 rings (SSSR count). The van der Waals surface area contributed by atoms with Crippen molar-refractivity contribution in [3.63, 3.8) is 0 Å². The fraction of sp³-hybridized carbons (Fsp3) is 0.417. The van der Waals surface area contributed by atoms with E-state index in [0.29, 0.717) is 11.4 Å². The Kier molecular flexibility index (Phi) is 3.52. The quantitative estimate of drug-likeness (QED) is 0.518. The summed E-state index contributed by atoms with van der Waals surface area (Å²) in [5, 5.41) is 13.5. The second kappa shape index (κ2) is 4.94. The van der Waals surface area contributed by atoms with Crippen molar-refractivity contribution in [1.82, 2.24) is 5.32 Å². The Morgan fingerprint density at radius 1 is 1.50 bits per heavy atom. The van der Waals surface area contributed by atoms with Crippen molar-refractivity contribution in [3.8, 4) is 0 Å². The van der Waals surface area contributed by atoms with Gasteiger partial charge in [0.2, 0.25) is 0 Å². The molecule has 0 radical (unpaired) electrons. The monoisotopic (exact) mass is 268 g/mol. The molecule has 1 amide bonds. The summed E-state index contributed by atoms with van der Waals surface area (Å²) in [6.45, 7) is 0. The zero-order valence-corrected chi connectivity index (χ0v) is 10.4. The second-order valence-corrected chi connectivity index (χ2v) is 4.80. The first-order chi connectivity index (χ1) is 8.56. The standard InChI is InChI=1S/C12H13ClN2O3/c13-8-12(5-2-6-12)14-11(16)9-3-1-4-10(7-9)15(17)18/h1,3-4,7H,2,5-6,8H2,(H,14,16). The van der Waals surface area contributed by atoms with Gasteiger partial charge in [-0.05, 0) is 25.3 Å². The SMILES string of the molecule is O=C(NC1(CCl)CCC1)c1cccc([N+](=O)[O-])c1. The third-order valence-corrected chi connectivity index (χ3v) is 3.78. The van der Waals surface area contributed by atoms with E-state index in [1.165, 1.54) is 18.2 Å². The van der Waals surface area contributed by atoms with E-state index < -0.39 is 4.92 Å². The number of nitro benzene ring substituents is 1. The minimum atomic E-state index is -0.516. The number of carbonyl (C=O) groups excluding carboxylic acids is 1. The van der Waals surface area contributed by atoms with Crippen LogP contribution in [0.5, 0.6) is 0 Å². The fourth-order valence-electron chi connectivity index (χ4n) is 1.97. The molecule has 1 saturated carbocycles. The molecule has 1 fully saturated rings. The molecule has 0 atom stereocenters. The van der Waals surface area contributed by atoms with Gasteiger partial charge < -0.3 is 5.32 Å². The Hall–Kier alpha value is -1.62. The van der Waals surface area contributed by atoms with Gasteiger partial charge in [0, 0.05) is 23.6 Å². The maximum absolute atomic E-state index is 12.0. The molecule has 96 valence electrons. The van der Waals surface area contributed by atoms with Crippen LogP contribution in [0.4, 0.5) is 5.69 Å². The number of benzene rings is 1. The Morgan fingerprint density at radius 3 is 2.72 bits per heavy atom. The molecule has 0 saturated heterocycles. The van der Waals surface area contributed by atoms with Gasteiger partial charge in [0.05, 0.1) is 10.5 Å². The van der Waals surface area contributed by atoms with Crippen molar-refractivity contribution in [2.45, 2.75) is 24.8 Å². The topological polar surface area (TPSA) is 72.2 Å². The molecule has 0 spiro atoms. The average molecular weight is 269 g/mol. The van der Waals surface area contributed by atoms with E-state index in [-0.39, 0.29) is 17.1 Å². The predicted molar refractivity (Wildman–Crippen MR) is 67.9 cm³/mol. The first kappa shape index (κ1) is 12.8. The third kappa shape index (κ3) is 2.46. The van der Waals surface area contributed by atoms with E-state index in [4.69, 9.17) is 11.6 Å². The molecule has 0 aromatic heterocycles. The maximum atomic E-state index is 12.0. The number of amides is 1. The van der Waals surface area contributed by atoms with E-state index in [1.807, 2.05) is 0 Å². The molecule has 0 aliphatic heterocycles. The summed E-state index contributed by atoms with van der Waals surface area (Å²) in [7, 11) is 0. The second-order valence-electron chi connectivity index (χ2n) is 4.53. The lowest BCUT2D eigenvalue weighted by molar-refractivity contribution is -0.384. The maximum Gasteiger partial charge on any atom is 0.270 e. The number of nitrogens with zero attached hydrogens (tertiary/aromatic N) is 1. The van der Waals surface area contributed by atoms with Gasteiger partial charge in [-0.15, -0.1) is 11.6 Å². The number of rotatable bonds is 4. The van der Waals surface area contributed by atoms with E-state index in [2.05, 4.69) is 5.32 Å². The van der Waals surface area contributed by atoms with Crippen LogP contribution >= 0.6 is 11.6 Å². The number of carbonyl (C=O) groups is 1. The van der Waals surface area contributed by atoms with Gasteiger partial charge in [-0.1, -0.05) is 6.07 Å². The van der Waals surface area contributed by atoms with Crippen LogP contribution in [-0.2, 0) is 0 Å². The van der Waals surface area contributed by atoms with Crippen molar-refractivity contribution in [1.29, 1.82) is 0 Å². The lowest BCUT2D eigenvalue weighted by Gasteiger charge is -2.40. The minimum absolute atomic E-state index is 0.0869. The highest BCUT2D eigenvalue weighted by Gasteiger charge is 2.37. The summed E-state index contributed by atoms with van der Waals surface area (Å²) >= 11 is 5.85. The van der Waals surface area contributed by atoms with Crippen molar-refractivity contribution in [2.75, 3.05) is 5.88 Å². The summed E-state index contributed by atoms with van der Waals surface area (Å²) in [5.74, 6) is 0.0623. The van der Waals surface area contributed by atoms with Crippen LogP contribution in [0.3, 0.4) is 0 Å². The van der Waals surface area contributed by atoms with E-state index in [0.717, 1.165) is 19.3 Å². The minimum Gasteiger partial charge on any atom is -0.345 e. The van der Waals surface area contributed by atoms with Crippen molar-refractivity contribution >= 4 is 23.2 Å². The number of nitrogens with one attached hydrogen (secondary N) is 1.